The number of hydrogen-bond donors (Lipinski definition) is 1. The number of hydrogen-bond acceptors (Lipinski definition) is 1. The van der Waals surface area contributed by atoms with Gasteiger partial charge in [-0.3, -0.25) is 0 Å². The second kappa shape index (κ2) is 4.38. The zero-order valence-corrected chi connectivity index (χ0v) is 8.63. The molecule has 0 bridgehead atoms. The van der Waals surface area contributed by atoms with Crippen molar-refractivity contribution in [3.63, 3.8) is 0 Å². The van der Waals surface area contributed by atoms with Gasteiger partial charge in [0.15, 0.2) is 0 Å². The van der Waals surface area contributed by atoms with Crippen molar-refractivity contribution in [3.8, 4) is 0 Å². The minimum absolute atomic E-state index is 1.05. The molecule has 0 aromatic rings. The van der Waals surface area contributed by atoms with Gasteiger partial charge >= 0.3 is 62.2 Å². The summed E-state index contributed by atoms with van der Waals surface area (Å²) in [5, 5.41) is 0. The molecule has 0 aliphatic carbocycles. The molecule has 0 atom stereocenters. The van der Waals surface area contributed by atoms with Crippen molar-refractivity contribution >= 4 is 57.4 Å². The average Bonchev–Trinajstić information content (AvgIpc) is 1.36. The SMILES string of the molecule is [3H]N([B])I(I)I. The monoisotopic (exact) mass is 409 g/mol. The molecule has 0 unspecified atom stereocenters. The second-order valence-electron chi connectivity index (χ2n) is 0.279. The zero-order chi connectivity index (χ0) is 5.15. The van der Waals surface area contributed by atoms with Crippen LogP contribution in [0.3, 0.4) is 0 Å². The minimum atomic E-state index is -1.17. The molecule has 5 heteroatoms. The Morgan fingerprint density at radius 1 is 2.00 bits per heavy atom. The fraction of sp³-hybridized carbons (Fsp3) is 0. The van der Waals surface area contributed by atoms with Gasteiger partial charge in [0.2, 0.25) is 0 Å². The standard InChI is InChI=1S/BHI3N/c1-5-4(2)3/h5H/i5T. The molecule has 0 rings (SSSR count). The van der Waals surface area contributed by atoms with Gasteiger partial charge in [0.25, 0.3) is 0 Å². The molecule has 0 amide bonds. The Labute approximate surface area is 61.0 Å². The summed E-state index contributed by atoms with van der Waals surface area (Å²) in [5.74, 6) is 0. The molecule has 30 valence electrons. The third-order valence-corrected chi connectivity index (χ3v) is 3.32. The fourth-order valence-electron chi connectivity index (χ4n) is 0. The van der Waals surface area contributed by atoms with Crippen LogP contribution in [0.5, 0.6) is 0 Å². The summed E-state index contributed by atoms with van der Waals surface area (Å²) in [4.78, 5) is 0. The first kappa shape index (κ1) is 5.35. The predicted octanol–water partition coefficient (Wildman–Crippen LogP) is 1.78. The summed E-state index contributed by atoms with van der Waals surface area (Å²) in [7, 11) is 4.99. The van der Waals surface area contributed by atoms with Crippen molar-refractivity contribution in [1.29, 1.82) is 0 Å². The van der Waals surface area contributed by atoms with Gasteiger partial charge in [0, 0.05) is 0 Å². The van der Waals surface area contributed by atoms with Crippen molar-refractivity contribution < 1.29 is 1.41 Å². The zero-order valence-electron chi connectivity index (χ0n) is 3.16. The Morgan fingerprint density at radius 2 is 2.20 bits per heavy atom. The first-order chi connectivity index (χ1) is 2.64. The fourth-order valence-corrected chi connectivity index (χ4v) is 0. The van der Waals surface area contributed by atoms with Crippen LogP contribution in [0, 0.1) is 0 Å². The van der Waals surface area contributed by atoms with E-state index < -0.39 is 12.1 Å². The molecular formula is HBI3N. The van der Waals surface area contributed by atoms with Crippen molar-refractivity contribution in [2.45, 2.75) is 0 Å². The predicted molar refractivity (Wildman–Crippen MR) is 50.9 cm³/mol. The maximum atomic E-state index is 6.70. The molecule has 1 nitrogen and oxygen atoms in total. The molecule has 0 aromatic heterocycles. The Bertz CT molecular complexity index is 31.8. The van der Waals surface area contributed by atoms with Gasteiger partial charge in [-0.1, -0.05) is 0 Å². The van der Waals surface area contributed by atoms with Gasteiger partial charge in [-0.05, 0) is 0 Å². The van der Waals surface area contributed by atoms with E-state index in [0.29, 0.717) is 0 Å². The van der Waals surface area contributed by atoms with E-state index in [1.807, 2.05) is 0 Å². The van der Waals surface area contributed by atoms with Gasteiger partial charge in [0.1, 0.15) is 0 Å². The van der Waals surface area contributed by atoms with Gasteiger partial charge < -0.3 is 0 Å². The van der Waals surface area contributed by atoms with Gasteiger partial charge in [-0.25, -0.2) is 0 Å². The van der Waals surface area contributed by atoms with Crippen LogP contribution < -0.4 is 3.43 Å². The molecule has 0 saturated carbocycles. The summed E-state index contributed by atoms with van der Waals surface area (Å²) < 4.78 is 7.74. The second-order valence-corrected chi connectivity index (χ2v) is 22.7. The molecule has 0 saturated heterocycles. The third kappa shape index (κ3) is 6.21. The molecule has 0 aliphatic heterocycles. The first-order valence-corrected chi connectivity index (χ1v) is 14.2. The average molecular weight is 409 g/mol. The summed E-state index contributed by atoms with van der Waals surface area (Å²) in [6.45, 7) is 0. The molecule has 5 heavy (non-hydrogen) atoms. The molecule has 0 aromatic carbocycles. The number of halogens is 3. The van der Waals surface area contributed by atoms with Crippen LogP contribution in [0.1, 0.15) is 0 Å². The van der Waals surface area contributed by atoms with Gasteiger partial charge in [-0.2, -0.15) is 0 Å². The Hall–Kier alpha value is 2.21. The van der Waals surface area contributed by atoms with E-state index in [4.69, 9.17) is 9.39 Å². The van der Waals surface area contributed by atoms with Crippen molar-refractivity contribution in [1.82, 2.24) is 3.43 Å². The molecule has 1 N–H and O–H groups in total. The van der Waals surface area contributed by atoms with Crippen LogP contribution in [-0.4, -0.2) is 7.98 Å². The topological polar surface area (TPSA) is 12.0 Å². The molecule has 0 heterocycles. The van der Waals surface area contributed by atoms with Crippen LogP contribution in [-0.2, 0) is 0 Å². The third-order valence-electron chi connectivity index (χ3n) is 0.0738. The summed E-state index contributed by atoms with van der Waals surface area (Å²) >= 11 is 3.21. The Kier molecular flexibility index (Phi) is 4.69. The van der Waals surface area contributed by atoms with E-state index in [1.54, 1.807) is 0 Å². The summed E-state index contributed by atoms with van der Waals surface area (Å²) in [6.07, 6.45) is 0. The van der Waals surface area contributed by atoms with Gasteiger partial charge in [0.05, 0.1) is 0 Å². The van der Waals surface area contributed by atoms with E-state index in [2.05, 4.69) is 37.2 Å². The Morgan fingerprint density at radius 3 is 2.20 bits per heavy atom. The first-order valence-electron chi connectivity index (χ1n) is 1.16. The van der Waals surface area contributed by atoms with Crippen LogP contribution >= 0.6 is 49.4 Å². The Balaban J connectivity index is 2.99. The van der Waals surface area contributed by atoms with Crippen LogP contribution in [0.2, 0.25) is 1.41 Å². The molecule has 2 radical (unpaired) electrons. The van der Waals surface area contributed by atoms with Crippen LogP contribution in [0.4, 0.5) is 0 Å². The molecule has 0 spiro atoms. The van der Waals surface area contributed by atoms with Crippen LogP contribution in [0.25, 0.3) is 0 Å². The maximum absolute atomic E-state index is 6.70. The number of rotatable bonds is 1. The summed E-state index contributed by atoms with van der Waals surface area (Å²) in [6, 6.07) is 0. The molecular weight excluding hydrogens is 406 g/mol. The van der Waals surface area contributed by atoms with Crippen molar-refractivity contribution in [2.75, 3.05) is 0 Å². The van der Waals surface area contributed by atoms with Crippen LogP contribution in [0.15, 0.2) is 0 Å². The molecule has 0 fully saturated rings. The van der Waals surface area contributed by atoms with Crippen molar-refractivity contribution in [2.24, 2.45) is 0 Å². The van der Waals surface area contributed by atoms with Gasteiger partial charge in [-0.15, -0.1) is 0 Å². The normalized spacial score (nSPS) is 15.0. The van der Waals surface area contributed by atoms with Crippen molar-refractivity contribution in [3.05, 3.63) is 0 Å². The number of nitrogens with one attached hydrogen (secondary N) is 1. The van der Waals surface area contributed by atoms with E-state index in [9.17, 15) is 0 Å². The van der Waals surface area contributed by atoms with E-state index in [0.717, 1.165) is 3.43 Å². The van der Waals surface area contributed by atoms with E-state index in [-0.39, 0.29) is 0 Å². The quantitative estimate of drug-likeness (QED) is 0.396. The molecule has 0 aliphatic rings. The van der Waals surface area contributed by atoms with E-state index >= 15 is 0 Å². The summed E-state index contributed by atoms with van der Waals surface area (Å²) in [5.41, 5.74) is 0. The van der Waals surface area contributed by atoms with E-state index in [1.165, 1.54) is 0 Å².